The van der Waals surface area contributed by atoms with E-state index >= 15 is 0 Å². The lowest BCUT2D eigenvalue weighted by Crippen LogP contribution is -2.50. The van der Waals surface area contributed by atoms with Gasteiger partial charge >= 0.3 is 0 Å². The van der Waals surface area contributed by atoms with Crippen LogP contribution in [0.5, 0.6) is 0 Å². The van der Waals surface area contributed by atoms with Crippen LogP contribution in [0.2, 0.25) is 5.02 Å². The fraction of sp³-hybridized carbons (Fsp3) is 0.278. The Balaban J connectivity index is 1.56. The number of hydrogen-bond donors (Lipinski definition) is 1. The minimum atomic E-state index is 0.774. The van der Waals surface area contributed by atoms with Crippen LogP contribution in [-0.4, -0.2) is 36.2 Å². The van der Waals surface area contributed by atoms with Crippen molar-refractivity contribution in [1.82, 2.24) is 4.90 Å². The first kappa shape index (κ1) is 16.1. The molecule has 0 aliphatic carbocycles. The average molecular weight is 346 g/mol. The van der Waals surface area contributed by atoms with E-state index in [-0.39, 0.29) is 0 Å². The normalized spacial score (nSPS) is 14.7. The van der Waals surface area contributed by atoms with Crippen molar-refractivity contribution in [2.24, 2.45) is 0 Å². The first-order chi connectivity index (χ1) is 11.1. The number of nitrogens with one attached hydrogen (secondary N) is 1. The molecule has 0 amide bonds. The number of rotatable bonds is 2. The van der Waals surface area contributed by atoms with E-state index in [1.807, 2.05) is 24.3 Å². The molecule has 5 heteroatoms. The zero-order chi connectivity index (χ0) is 16.2. The van der Waals surface area contributed by atoms with Crippen LogP contribution in [0.1, 0.15) is 5.56 Å². The fourth-order valence-electron chi connectivity index (χ4n) is 2.74. The van der Waals surface area contributed by atoms with Crippen LogP contribution < -0.4 is 10.2 Å². The summed E-state index contributed by atoms with van der Waals surface area (Å²) in [5, 5.41) is 4.91. The van der Waals surface area contributed by atoms with E-state index in [0.717, 1.165) is 42.0 Å². The third kappa shape index (κ3) is 4.15. The van der Waals surface area contributed by atoms with Gasteiger partial charge in [0.05, 0.1) is 0 Å². The van der Waals surface area contributed by atoms with Gasteiger partial charge in [-0.3, -0.25) is 0 Å². The Morgan fingerprint density at radius 3 is 2.39 bits per heavy atom. The first-order valence-electron chi connectivity index (χ1n) is 7.75. The van der Waals surface area contributed by atoms with E-state index in [9.17, 15) is 0 Å². The molecule has 1 N–H and O–H groups in total. The predicted octanol–water partition coefficient (Wildman–Crippen LogP) is 4.17. The Morgan fingerprint density at radius 2 is 1.74 bits per heavy atom. The summed E-state index contributed by atoms with van der Waals surface area (Å²) in [4.78, 5) is 4.59. The van der Waals surface area contributed by atoms with Crippen molar-refractivity contribution in [2.75, 3.05) is 36.4 Å². The van der Waals surface area contributed by atoms with E-state index in [1.165, 1.54) is 11.3 Å². The highest BCUT2D eigenvalue weighted by Crippen LogP contribution is 2.20. The summed E-state index contributed by atoms with van der Waals surface area (Å²) in [6.07, 6.45) is 0. The van der Waals surface area contributed by atoms with Crippen molar-refractivity contribution in [2.45, 2.75) is 6.92 Å². The molecule has 1 fully saturated rings. The van der Waals surface area contributed by atoms with Gasteiger partial charge in [0.1, 0.15) is 0 Å². The van der Waals surface area contributed by atoms with Crippen molar-refractivity contribution in [3.05, 3.63) is 59.1 Å². The van der Waals surface area contributed by atoms with Gasteiger partial charge in [-0.2, -0.15) is 0 Å². The molecule has 1 aliphatic heterocycles. The highest BCUT2D eigenvalue weighted by Gasteiger charge is 2.19. The van der Waals surface area contributed by atoms with Crippen molar-refractivity contribution in [3.63, 3.8) is 0 Å². The second-order valence-corrected chi connectivity index (χ2v) is 6.57. The molecule has 0 radical (unpaired) electrons. The number of benzene rings is 2. The van der Waals surface area contributed by atoms with Crippen LogP contribution in [-0.2, 0) is 0 Å². The minimum Gasteiger partial charge on any atom is -0.368 e. The van der Waals surface area contributed by atoms with Gasteiger partial charge in [-0.15, -0.1) is 0 Å². The maximum Gasteiger partial charge on any atom is 0.173 e. The van der Waals surface area contributed by atoms with E-state index in [1.54, 1.807) is 0 Å². The number of nitrogens with zero attached hydrogens (tertiary/aromatic N) is 2. The standard InChI is InChI=1S/C18H20ClN3S/c1-14-3-2-4-16(13-14)20-18(23)22-11-9-21(10-12-22)17-7-5-15(19)6-8-17/h2-8,13H,9-12H2,1H3,(H,20,23). The maximum absolute atomic E-state index is 5.95. The highest BCUT2D eigenvalue weighted by atomic mass is 35.5. The summed E-state index contributed by atoms with van der Waals surface area (Å²) >= 11 is 11.5. The van der Waals surface area contributed by atoms with E-state index in [2.05, 4.69) is 46.3 Å². The van der Waals surface area contributed by atoms with Crippen molar-refractivity contribution in [1.29, 1.82) is 0 Å². The van der Waals surface area contributed by atoms with Crippen LogP contribution in [0, 0.1) is 6.92 Å². The fourth-order valence-corrected chi connectivity index (χ4v) is 3.17. The molecule has 2 aromatic carbocycles. The molecule has 3 rings (SSSR count). The topological polar surface area (TPSA) is 18.5 Å². The Labute approximate surface area is 147 Å². The van der Waals surface area contributed by atoms with Gasteiger partial charge in [-0.05, 0) is 61.1 Å². The first-order valence-corrected chi connectivity index (χ1v) is 8.53. The van der Waals surface area contributed by atoms with Gasteiger partial charge < -0.3 is 15.1 Å². The molecule has 0 saturated carbocycles. The second kappa shape index (κ2) is 7.20. The lowest BCUT2D eigenvalue weighted by atomic mass is 10.2. The van der Waals surface area contributed by atoms with Crippen molar-refractivity contribution in [3.8, 4) is 0 Å². The third-order valence-corrected chi connectivity index (χ3v) is 4.64. The molecule has 3 nitrogen and oxygen atoms in total. The molecular weight excluding hydrogens is 326 g/mol. The predicted molar refractivity (Wildman–Crippen MR) is 103 cm³/mol. The minimum absolute atomic E-state index is 0.774. The van der Waals surface area contributed by atoms with Crippen molar-refractivity contribution < 1.29 is 0 Å². The Morgan fingerprint density at radius 1 is 1.04 bits per heavy atom. The highest BCUT2D eigenvalue weighted by molar-refractivity contribution is 7.80. The van der Waals surface area contributed by atoms with Gasteiger partial charge in [-0.25, -0.2) is 0 Å². The summed E-state index contributed by atoms with van der Waals surface area (Å²) < 4.78 is 0. The van der Waals surface area contributed by atoms with Gasteiger partial charge in [0.25, 0.3) is 0 Å². The number of thiocarbonyl (C=S) groups is 1. The number of anilines is 2. The van der Waals surface area contributed by atoms with Crippen LogP contribution in [0.25, 0.3) is 0 Å². The molecule has 0 unspecified atom stereocenters. The van der Waals surface area contributed by atoms with Crippen LogP contribution in [0.15, 0.2) is 48.5 Å². The number of aryl methyl sites for hydroxylation is 1. The molecule has 23 heavy (non-hydrogen) atoms. The molecule has 1 saturated heterocycles. The average Bonchev–Trinajstić information content (AvgIpc) is 2.56. The van der Waals surface area contributed by atoms with Crippen LogP contribution in [0.4, 0.5) is 11.4 Å². The zero-order valence-electron chi connectivity index (χ0n) is 13.1. The summed E-state index contributed by atoms with van der Waals surface area (Å²) in [7, 11) is 0. The largest absolute Gasteiger partial charge is 0.368 e. The molecule has 120 valence electrons. The quantitative estimate of drug-likeness (QED) is 0.823. The molecular formula is C18H20ClN3S. The lowest BCUT2D eigenvalue weighted by Gasteiger charge is -2.37. The SMILES string of the molecule is Cc1cccc(NC(=S)N2CCN(c3ccc(Cl)cc3)CC2)c1. The van der Waals surface area contributed by atoms with Crippen LogP contribution >= 0.6 is 23.8 Å². The van der Waals surface area contributed by atoms with Gasteiger partial charge in [0, 0.05) is 42.6 Å². The smallest absolute Gasteiger partial charge is 0.173 e. The Kier molecular flexibility index (Phi) is 5.03. The number of halogens is 1. The Hall–Kier alpha value is -1.78. The summed E-state index contributed by atoms with van der Waals surface area (Å²) in [5.74, 6) is 0. The molecule has 0 spiro atoms. The third-order valence-electron chi connectivity index (χ3n) is 4.03. The maximum atomic E-state index is 5.95. The molecule has 0 atom stereocenters. The molecule has 0 bridgehead atoms. The second-order valence-electron chi connectivity index (χ2n) is 5.75. The molecule has 1 aliphatic rings. The monoisotopic (exact) mass is 345 g/mol. The van der Waals surface area contributed by atoms with Crippen molar-refractivity contribution >= 4 is 40.3 Å². The van der Waals surface area contributed by atoms with Gasteiger partial charge in [-0.1, -0.05) is 23.7 Å². The molecule has 2 aromatic rings. The van der Waals surface area contributed by atoms with Gasteiger partial charge in [0.15, 0.2) is 5.11 Å². The summed E-state index contributed by atoms with van der Waals surface area (Å²) in [5.41, 5.74) is 3.49. The Bertz CT molecular complexity index is 679. The molecule has 0 aromatic heterocycles. The zero-order valence-corrected chi connectivity index (χ0v) is 14.7. The number of hydrogen-bond acceptors (Lipinski definition) is 2. The van der Waals surface area contributed by atoms with Gasteiger partial charge in [0.2, 0.25) is 0 Å². The van der Waals surface area contributed by atoms with E-state index in [0.29, 0.717) is 0 Å². The number of piperazine rings is 1. The molecule has 1 heterocycles. The lowest BCUT2D eigenvalue weighted by molar-refractivity contribution is 0.391. The van der Waals surface area contributed by atoms with Crippen LogP contribution in [0.3, 0.4) is 0 Å². The summed E-state index contributed by atoms with van der Waals surface area (Å²) in [6, 6.07) is 16.3. The van der Waals surface area contributed by atoms with E-state index < -0.39 is 0 Å². The summed E-state index contributed by atoms with van der Waals surface area (Å²) in [6.45, 7) is 5.83. The van der Waals surface area contributed by atoms with E-state index in [4.69, 9.17) is 23.8 Å².